The van der Waals surface area contributed by atoms with Gasteiger partial charge in [0.1, 0.15) is 5.69 Å². The van der Waals surface area contributed by atoms with Crippen molar-refractivity contribution in [2.24, 2.45) is 0 Å². The number of carbonyl (C=O) groups is 1. The number of hydrogen-bond donors (Lipinski definition) is 1. The van der Waals surface area contributed by atoms with Crippen LogP contribution in [0.1, 0.15) is 23.0 Å². The Balaban J connectivity index is 1.69. The number of hydrogen-bond acceptors (Lipinski definition) is 5. The molecule has 0 spiro atoms. The molecule has 1 aromatic heterocycles. The molecule has 0 aliphatic carbocycles. The minimum atomic E-state index is -0.0274. The van der Waals surface area contributed by atoms with Crippen molar-refractivity contribution in [3.63, 3.8) is 0 Å². The Hall–Kier alpha value is -2.47. The second-order valence-electron chi connectivity index (χ2n) is 5.99. The van der Waals surface area contributed by atoms with Gasteiger partial charge in [-0.1, -0.05) is 19.1 Å². The third-order valence-electron chi connectivity index (χ3n) is 4.26. The van der Waals surface area contributed by atoms with Gasteiger partial charge in [0.15, 0.2) is 0 Å². The van der Waals surface area contributed by atoms with Gasteiger partial charge in [0.05, 0.1) is 0 Å². The first-order valence-electron chi connectivity index (χ1n) is 8.34. The van der Waals surface area contributed by atoms with E-state index in [1.54, 1.807) is 12.3 Å². The molecule has 126 valence electrons. The molecule has 6 nitrogen and oxygen atoms in total. The molecular formula is C18H23N5O. The van der Waals surface area contributed by atoms with Crippen LogP contribution in [-0.4, -0.2) is 58.4 Å². The lowest BCUT2D eigenvalue weighted by atomic mass is 10.2. The van der Waals surface area contributed by atoms with Crippen molar-refractivity contribution in [3.8, 4) is 0 Å². The highest BCUT2D eigenvalue weighted by Gasteiger charge is 2.22. The molecule has 6 heteroatoms. The maximum atomic E-state index is 12.6. The SMILES string of the molecule is CCN1CCN(C(=O)c2ccnc(Nc3cccc(C)c3)n2)CC1. The van der Waals surface area contributed by atoms with E-state index in [0.29, 0.717) is 11.6 Å². The highest BCUT2D eigenvalue weighted by molar-refractivity contribution is 5.92. The summed E-state index contributed by atoms with van der Waals surface area (Å²) in [4.78, 5) is 25.5. The molecule has 3 rings (SSSR count). The Kier molecular flexibility index (Phi) is 5.05. The van der Waals surface area contributed by atoms with Crippen LogP contribution in [0.15, 0.2) is 36.5 Å². The molecule has 1 N–H and O–H groups in total. The van der Waals surface area contributed by atoms with Gasteiger partial charge in [0, 0.05) is 38.1 Å². The predicted molar refractivity (Wildman–Crippen MR) is 94.5 cm³/mol. The van der Waals surface area contributed by atoms with Gasteiger partial charge in [-0.3, -0.25) is 4.79 Å². The number of amides is 1. The third-order valence-corrected chi connectivity index (χ3v) is 4.26. The monoisotopic (exact) mass is 325 g/mol. The minimum absolute atomic E-state index is 0.0274. The molecule has 1 aliphatic heterocycles. The second kappa shape index (κ2) is 7.40. The van der Waals surface area contributed by atoms with Gasteiger partial charge >= 0.3 is 0 Å². The third kappa shape index (κ3) is 3.89. The Morgan fingerprint density at radius 1 is 1.21 bits per heavy atom. The van der Waals surface area contributed by atoms with Gasteiger partial charge in [-0.25, -0.2) is 9.97 Å². The number of rotatable bonds is 4. The topological polar surface area (TPSA) is 61.4 Å². The van der Waals surface area contributed by atoms with E-state index in [0.717, 1.165) is 44.0 Å². The van der Waals surface area contributed by atoms with Crippen molar-refractivity contribution in [2.75, 3.05) is 38.0 Å². The van der Waals surface area contributed by atoms with Gasteiger partial charge in [-0.2, -0.15) is 0 Å². The lowest BCUT2D eigenvalue weighted by molar-refractivity contribution is 0.0637. The molecule has 2 heterocycles. The number of nitrogens with zero attached hydrogens (tertiary/aromatic N) is 4. The molecule has 1 fully saturated rings. The molecule has 2 aromatic rings. The van der Waals surface area contributed by atoms with E-state index in [4.69, 9.17) is 0 Å². The zero-order valence-corrected chi connectivity index (χ0v) is 14.2. The standard InChI is InChI=1S/C18H23N5O/c1-3-22-9-11-23(12-10-22)17(24)16-7-8-19-18(21-16)20-15-6-4-5-14(2)13-15/h4-8,13H,3,9-12H2,1-2H3,(H,19,20,21). The number of nitrogens with one attached hydrogen (secondary N) is 1. The minimum Gasteiger partial charge on any atom is -0.335 e. The number of aromatic nitrogens is 2. The van der Waals surface area contributed by atoms with Crippen molar-refractivity contribution < 1.29 is 4.79 Å². The van der Waals surface area contributed by atoms with E-state index in [1.165, 1.54) is 0 Å². The van der Waals surface area contributed by atoms with Crippen LogP contribution >= 0.6 is 0 Å². The highest BCUT2D eigenvalue weighted by atomic mass is 16.2. The average Bonchev–Trinajstić information content (AvgIpc) is 2.61. The molecule has 0 radical (unpaired) electrons. The van der Waals surface area contributed by atoms with E-state index in [1.807, 2.05) is 36.1 Å². The van der Waals surface area contributed by atoms with Crippen molar-refractivity contribution in [2.45, 2.75) is 13.8 Å². The van der Waals surface area contributed by atoms with Crippen molar-refractivity contribution >= 4 is 17.5 Å². The Bertz CT molecular complexity index is 710. The van der Waals surface area contributed by atoms with Crippen LogP contribution in [0.2, 0.25) is 0 Å². The van der Waals surface area contributed by atoms with E-state index in [-0.39, 0.29) is 5.91 Å². The summed E-state index contributed by atoms with van der Waals surface area (Å²) in [7, 11) is 0. The molecule has 0 unspecified atom stereocenters. The fourth-order valence-electron chi connectivity index (χ4n) is 2.82. The predicted octanol–water partition coefficient (Wildman–Crippen LogP) is 2.31. The Morgan fingerprint density at radius 3 is 2.71 bits per heavy atom. The number of likely N-dealkylation sites (N-methyl/N-ethyl adjacent to an activating group) is 1. The zero-order valence-electron chi connectivity index (χ0n) is 14.2. The number of benzene rings is 1. The quantitative estimate of drug-likeness (QED) is 0.935. The van der Waals surface area contributed by atoms with Crippen LogP contribution in [-0.2, 0) is 0 Å². The first-order valence-corrected chi connectivity index (χ1v) is 8.34. The first kappa shape index (κ1) is 16.4. The molecule has 24 heavy (non-hydrogen) atoms. The number of piperazine rings is 1. The van der Waals surface area contributed by atoms with Crippen LogP contribution in [0.25, 0.3) is 0 Å². The van der Waals surface area contributed by atoms with E-state index in [2.05, 4.69) is 27.1 Å². The van der Waals surface area contributed by atoms with Crippen LogP contribution in [0.3, 0.4) is 0 Å². The van der Waals surface area contributed by atoms with Gasteiger partial charge in [0.25, 0.3) is 5.91 Å². The van der Waals surface area contributed by atoms with Gasteiger partial charge in [0.2, 0.25) is 5.95 Å². The number of carbonyl (C=O) groups excluding carboxylic acids is 1. The van der Waals surface area contributed by atoms with Gasteiger partial charge in [-0.15, -0.1) is 0 Å². The maximum absolute atomic E-state index is 12.6. The summed E-state index contributed by atoms with van der Waals surface area (Å²) in [6, 6.07) is 9.65. The molecule has 1 saturated heterocycles. The molecule has 1 amide bonds. The largest absolute Gasteiger partial charge is 0.335 e. The van der Waals surface area contributed by atoms with E-state index >= 15 is 0 Å². The van der Waals surface area contributed by atoms with Crippen molar-refractivity contribution in [1.82, 2.24) is 19.8 Å². The Morgan fingerprint density at radius 2 is 2.00 bits per heavy atom. The highest BCUT2D eigenvalue weighted by Crippen LogP contribution is 2.15. The average molecular weight is 325 g/mol. The summed E-state index contributed by atoms with van der Waals surface area (Å²) < 4.78 is 0. The summed E-state index contributed by atoms with van der Waals surface area (Å²) >= 11 is 0. The van der Waals surface area contributed by atoms with Crippen molar-refractivity contribution in [3.05, 3.63) is 47.8 Å². The summed E-state index contributed by atoms with van der Waals surface area (Å²) in [5, 5.41) is 3.16. The lowest BCUT2D eigenvalue weighted by Crippen LogP contribution is -2.48. The fraction of sp³-hybridized carbons (Fsp3) is 0.389. The van der Waals surface area contributed by atoms with Crippen LogP contribution in [0.4, 0.5) is 11.6 Å². The van der Waals surface area contributed by atoms with Crippen LogP contribution in [0, 0.1) is 6.92 Å². The fourth-order valence-corrected chi connectivity index (χ4v) is 2.82. The summed E-state index contributed by atoms with van der Waals surface area (Å²) in [6.45, 7) is 8.53. The summed E-state index contributed by atoms with van der Waals surface area (Å²) in [5.74, 6) is 0.416. The van der Waals surface area contributed by atoms with E-state index in [9.17, 15) is 4.79 Å². The molecule has 0 saturated carbocycles. The molecule has 0 bridgehead atoms. The zero-order chi connectivity index (χ0) is 16.9. The maximum Gasteiger partial charge on any atom is 0.272 e. The molecule has 1 aromatic carbocycles. The number of anilines is 2. The first-order chi connectivity index (χ1) is 11.7. The Labute approximate surface area is 142 Å². The molecule has 0 atom stereocenters. The number of aryl methyl sites for hydroxylation is 1. The molecule has 1 aliphatic rings. The van der Waals surface area contributed by atoms with Crippen LogP contribution in [0.5, 0.6) is 0 Å². The second-order valence-corrected chi connectivity index (χ2v) is 5.99. The normalized spacial score (nSPS) is 15.3. The summed E-state index contributed by atoms with van der Waals surface area (Å²) in [5.41, 5.74) is 2.50. The van der Waals surface area contributed by atoms with Crippen molar-refractivity contribution in [1.29, 1.82) is 0 Å². The summed E-state index contributed by atoms with van der Waals surface area (Å²) in [6.07, 6.45) is 1.63. The van der Waals surface area contributed by atoms with Crippen LogP contribution < -0.4 is 5.32 Å². The lowest BCUT2D eigenvalue weighted by Gasteiger charge is -2.33. The van der Waals surface area contributed by atoms with E-state index < -0.39 is 0 Å². The molecular weight excluding hydrogens is 302 g/mol. The van der Waals surface area contributed by atoms with Gasteiger partial charge in [-0.05, 0) is 37.2 Å². The smallest absolute Gasteiger partial charge is 0.272 e. The van der Waals surface area contributed by atoms with Gasteiger partial charge < -0.3 is 15.1 Å².